The molecule has 1 aromatic rings. The van der Waals surface area contributed by atoms with E-state index < -0.39 is 6.04 Å². The Kier molecular flexibility index (Phi) is 4.23. The molecule has 0 saturated carbocycles. The molecule has 0 bridgehead atoms. The molecule has 15 heavy (non-hydrogen) atoms. The summed E-state index contributed by atoms with van der Waals surface area (Å²) in [5, 5.41) is 6.21. The molecule has 0 radical (unpaired) electrons. The molecule has 84 valence electrons. The van der Waals surface area contributed by atoms with E-state index in [1.165, 1.54) is 6.39 Å². The number of hydrogen-bond acceptors (Lipinski definition) is 5. The molecule has 1 atom stereocenters. The third kappa shape index (κ3) is 4.07. The number of aromatic nitrogens is 2. The Balaban J connectivity index is 2.29. The lowest BCUT2D eigenvalue weighted by molar-refractivity contribution is -0.122. The zero-order valence-corrected chi connectivity index (χ0v) is 8.93. The van der Waals surface area contributed by atoms with Crippen molar-refractivity contribution in [2.45, 2.75) is 32.9 Å². The fraction of sp³-hybridized carbons (Fsp3) is 0.667. The lowest BCUT2D eigenvalue weighted by Crippen LogP contribution is -2.41. The first-order valence-electron chi connectivity index (χ1n) is 4.88. The van der Waals surface area contributed by atoms with Gasteiger partial charge in [0.05, 0.1) is 12.6 Å². The van der Waals surface area contributed by atoms with E-state index in [1.807, 2.05) is 13.8 Å². The lowest BCUT2D eigenvalue weighted by atomic mass is 10.0. The van der Waals surface area contributed by atoms with Crippen LogP contribution in [0.25, 0.3) is 0 Å². The third-order valence-electron chi connectivity index (χ3n) is 1.89. The van der Waals surface area contributed by atoms with Crippen LogP contribution in [0, 0.1) is 5.92 Å². The highest BCUT2D eigenvalue weighted by atomic mass is 16.5. The Morgan fingerprint density at radius 3 is 2.93 bits per heavy atom. The van der Waals surface area contributed by atoms with Crippen molar-refractivity contribution in [1.29, 1.82) is 0 Å². The van der Waals surface area contributed by atoms with Crippen LogP contribution in [-0.4, -0.2) is 22.1 Å². The predicted octanol–water partition coefficient (Wildman–Crippen LogP) is 0.0592. The van der Waals surface area contributed by atoms with Crippen LogP contribution in [0.5, 0.6) is 0 Å². The van der Waals surface area contributed by atoms with Crippen molar-refractivity contribution in [1.82, 2.24) is 15.5 Å². The average Bonchev–Trinajstić information content (AvgIpc) is 2.65. The summed E-state index contributed by atoms with van der Waals surface area (Å²) in [6.45, 7) is 4.29. The second-order valence-corrected chi connectivity index (χ2v) is 3.80. The third-order valence-corrected chi connectivity index (χ3v) is 1.89. The molecule has 0 aliphatic carbocycles. The van der Waals surface area contributed by atoms with Gasteiger partial charge in [-0.15, -0.1) is 0 Å². The Morgan fingerprint density at radius 2 is 2.40 bits per heavy atom. The monoisotopic (exact) mass is 212 g/mol. The van der Waals surface area contributed by atoms with Crippen LogP contribution in [0.1, 0.15) is 26.1 Å². The van der Waals surface area contributed by atoms with Crippen molar-refractivity contribution in [3.8, 4) is 0 Å². The summed E-state index contributed by atoms with van der Waals surface area (Å²) >= 11 is 0. The van der Waals surface area contributed by atoms with E-state index in [-0.39, 0.29) is 12.5 Å². The molecule has 0 saturated heterocycles. The molecule has 0 aliphatic rings. The Labute approximate surface area is 88.2 Å². The molecule has 1 rings (SSSR count). The molecule has 1 amide bonds. The maximum atomic E-state index is 11.5. The van der Waals surface area contributed by atoms with Gasteiger partial charge >= 0.3 is 0 Å². The van der Waals surface area contributed by atoms with Gasteiger partial charge < -0.3 is 15.6 Å². The van der Waals surface area contributed by atoms with Gasteiger partial charge in [0, 0.05) is 0 Å². The first-order valence-corrected chi connectivity index (χ1v) is 4.88. The van der Waals surface area contributed by atoms with Crippen LogP contribution >= 0.6 is 0 Å². The number of nitrogens with one attached hydrogen (secondary N) is 1. The van der Waals surface area contributed by atoms with E-state index in [4.69, 9.17) is 5.73 Å². The quantitative estimate of drug-likeness (QED) is 0.719. The number of amides is 1. The molecule has 1 heterocycles. The van der Waals surface area contributed by atoms with E-state index in [0.29, 0.717) is 18.2 Å². The van der Waals surface area contributed by atoms with Gasteiger partial charge in [0.2, 0.25) is 12.3 Å². The summed E-state index contributed by atoms with van der Waals surface area (Å²) in [7, 11) is 0. The van der Waals surface area contributed by atoms with Crippen molar-refractivity contribution in [3.63, 3.8) is 0 Å². The van der Waals surface area contributed by atoms with Crippen LogP contribution in [-0.2, 0) is 11.3 Å². The summed E-state index contributed by atoms with van der Waals surface area (Å²) in [5.41, 5.74) is 5.68. The van der Waals surface area contributed by atoms with E-state index in [9.17, 15) is 4.79 Å². The number of rotatable bonds is 5. The van der Waals surface area contributed by atoms with E-state index in [2.05, 4.69) is 20.0 Å². The number of nitrogens with two attached hydrogens (primary N) is 1. The largest absolute Gasteiger partial charge is 0.347 e. The van der Waals surface area contributed by atoms with Crippen molar-refractivity contribution < 1.29 is 9.32 Å². The highest BCUT2D eigenvalue weighted by Gasteiger charge is 2.14. The van der Waals surface area contributed by atoms with Crippen molar-refractivity contribution in [3.05, 3.63) is 12.2 Å². The Bertz CT molecular complexity index is 297. The lowest BCUT2D eigenvalue weighted by Gasteiger charge is -2.12. The standard InChI is InChI=1S/C9H16N4O2/c1-6(2)3-7(10)9(14)11-4-8-12-5-15-13-8/h5-7H,3-4,10H2,1-2H3,(H,11,14). The fourth-order valence-electron chi connectivity index (χ4n) is 1.18. The molecule has 1 aromatic heterocycles. The Morgan fingerprint density at radius 1 is 1.67 bits per heavy atom. The maximum Gasteiger partial charge on any atom is 0.237 e. The van der Waals surface area contributed by atoms with E-state index >= 15 is 0 Å². The van der Waals surface area contributed by atoms with Gasteiger partial charge in [-0.3, -0.25) is 4.79 Å². The minimum atomic E-state index is -0.475. The van der Waals surface area contributed by atoms with Gasteiger partial charge in [0.1, 0.15) is 0 Å². The van der Waals surface area contributed by atoms with Gasteiger partial charge in [-0.25, -0.2) is 0 Å². The van der Waals surface area contributed by atoms with Crippen LogP contribution < -0.4 is 11.1 Å². The van der Waals surface area contributed by atoms with Gasteiger partial charge in [-0.05, 0) is 12.3 Å². The second kappa shape index (κ2) is 5.45. The second-order valence-electron chi connectivity index (χ2n) is 3.80. The van der Waals surface area contributed by atoms with Crippen LogP contribution in [0.3, 0.4) is 0 Å². The molecule has 0 aliphatic heterocycles. The molecule has 0 aromatic carbocycles. The number of carbonyl (C=O) groups is 1. The van der Waals surface area contributed by atoms with Crippen molar-refractivity contribution in [2.75, 3.05) is 0 Å². The summed E-state index contributed by atoms with van der Waals surface area (Å²) < 4.78 is 4.53. The zero-order valence-electron chi connectivity index (χ0n) is 8.93. The van der Waals surface area contributed by atoms with Gasteiger partial charge in [-0.2, -0.15) is 4.98 Å². The molecular formula is C9H16N4O2. The molecule has 0 spiro atoms. The molecule has 0 fully saturated rings. The predicted molar refractivity (Wildman–Crippen MR) is 53.6 cm³/mol. The molecule has 6 nitrogen and oxygen atoms in total. The van der Waals surface area contributed by atoms with E-state index in [0.717, 1.165) is 0 Å². The SMILES string of the molecule is CC(C)CC(N)C(=O)NCc1ncon1. The molecular weight excluding hydrogens is 196 g/mol. The van der Waals surface area contributed by atoms with Crippen LogP contribution in [0.2, 0.25) is 0 Å². The Hall–Kier alpha value is -1.43. The minimum absolute atomic E-state index is 0.187. The maximum absolute atomic E-state index is 11.5. The summed E-state index contributed by atoms with van der Waals surface area (Å²) in [5.74, 6) is 0.657. The summed E-state index contributed by atoms with van der Waals surface area (Å²) in [6.07, 6.45) is 1.88. The molecule has 3 N–H and O–H groups in total. The van der Waals surface area contributed by atoms with E-state index in [1.54, 1.807) is 0 Å². The van der Waals surface area contributed by atoms with Gasteiger partial charge in [0.15, 0.2) is 5.82 Å². The topological polar surface area (TPSA) is 94.0 Å². The zero-order chi connectivity index (χ0) is 11.3. The average molecular weight is 212 g/mol. The molecule has 6 heteroatoms. The van der Waals surface area contributed by atoms with Crippen molar-refractivity contribution >= 4 is 5.91 Å². The summed E-state index contributed by atoms with van der Waals surface area (Å²) in [4.78, 5) is 15.2. The first-order chi connectivity index (χ1) is 7.09. The minimum Gasteiger partial charge on any atom is -0.347 e. The van der Waals surface area contributed by atoms with Crippen molar-refractivity contribution in [2.24, 2.45) is 11.7 Å². The van der Waals surface area contributed by atoms with Gasteiger partial charge in [-0.1, -0.05) is 19.0 Å². The fourth-order valence-corrected chi connectivity index (χ4v) is 1.18. The normalized spacial score (nSPS) is 12.8. The highest BCUT2D eigenvalue weighted by Crippen LogP contribution is 2.02. The van der Waals surface area contributed by atoms with Crippen LogP contribution in [0.15, 0.2) is 10.9 Å². The molecule has 1 unspecified atom stereocenters. The van der Waals surface area contributed by atoms with Crippen LogP contribution in [0.4, 0.5) is 0 Å². The number of nitrogens with zero attached hydrogens (tertiary/aromatic N) is 2. The summed E-state index contributed by atoms with van der Waals surface area (Å²) in [6, 6.07) is -0.475. The van der Waals surface area contributed by atoms with Gasteiger partial charge in [0.25, 0.3) is 0 Å². The number of hydrogen-bond donors (Lipinski definition) is 2. The smallest absolute Gasteiger partial charge is 0.237 e. The highest BCUT2D eigenvalue weighted by molar-refractivity contribution is 5.81. The number of carbonyl (C=O) groups excluding carboxylic acids is 1. The first kappa shape index (κ1) is 11.6.